The van der Waals surface area contributed by atoms with Crippen LogP contribution in [-0.4, -0.2) is 5.54 Å². The van der Waals surface area contributed by atoms with Crippen molar-refractivity contribution in [1.82, 2.24) is 0 Å². The predicted octanol–water partition coefficient (Wildman–Crippen LogP) is 3.99. The Kier molecular flexibility index (Phi) is 5.82. The molecule has 0 N–H and O–H groups in total. The van der Waals surface area contributed by atoms with Crippen molar-refractivity contribution in [2.75, 3.05) is 0 Å². The Balaban J connectivity index is 4.22. The van der Waals surface area contributed by atoms with Crippen LogP contribution in [0.15, 0.2) is 35.7 Å². The van der Waals surface area contributed by atoms with Crippen LogP contribution in [0.5, 0.6) is 0 Å². The van der Waals surface area contributed by atoms with Gasteiger partial charge in [-0.05, 0) is 32.3 Å². The minimum Gasteiger partial charge on any atom is -0.150 e. The van der Waals surface area contributed by atoms with Gasteiger partial charge in [-0.3, -0.25) is 0 Å². The van der Waals surface area contributed by atoms with Gasteiger partial charge in [0.15, 0.2) is 0 Å². The van der Waals surface area contributed by atoms with Gasteiger partial charge in [0.25, 0.3) is 0 Å². The molecule has 0 heterocycles. The fraction of sp³-hybridized carbons (Fsp3) is 0.583. The lowest BCUT2D eigenvalue weighted by atomic mass is 9.89. The summed E-state index contributed by atoms with van der Waals surface area (Å²) in [6, 6.07) is 0. The Morgan fingerprint density at radius 1 is 1.64 bits per heavy atom. The van der Waals surface area contributed by atoms with Crippen LogP contribution >= 0.6 is 0 Å². The van der Waals surface area contributed by atoms with Crippen LogP contribution in [0, 0.1) is 4.91 Å². The maximum absolute atomic E-state index is 10.7. The summed E-state index contributed by atoms with van der Waals surface area (Å²) < 4.78 is 0. The van der Waals surface area contributed by atoms with E-state index in [2.05, 4.69) is 31.0 Å². The van der Waals surface area contributed by atoms with Gasteiger partial charge in [-0.2, -0.15) is 4.91 Å². The molecular formula is C12H19NO. The molecule has 0 bridgehead atoms. The van der Waals surface area contributed by atoms with Crippen LogP contribution in [0.3, 0.4) is 0 Å². The van der Waals surface area contributed by atoms with Crippen molar-refractivity contribution in [2.24, 2.45) is 5.18 Å². The summed E-state index contributed by atoms with van der Waals surface area (Å²) in [5.41, 5.74) is 3.22. The second-order valence-corrected chi connectivity index (χ2v) is 3.88. The first kappa shape index (κ1) is 12.9. The Morgan fingerprint density at radius 3 is 2.71 bits per heavy atom. The van der Waals surface area contributed by atoms with E-state index in [0.717, 1.165) is 24.8 Å². The van der Waals surface area contributed by atoms with E-state index >= 15 is 0 Å². The molecule has 0 saturated carbocycles. The number of nitroso groups, excluding NO2 is 1. The molecule has 0 aromatic rings. The molecule has 0 aromatic heterocycles. The molecule has 78 valence electrons. The van der Waals surface area contributed by atoms with Gasteiger partial charge in [0.1, 0.15) is 5.54 Å². The molecule has 0 saturated heterocycles. The standard InChI is InChI=1S/C12H19NO/c1-5-7-8-11(3)10-12(4,13-14)9-6-2/h7H,1,3,6,8-10H2,2,4H3/t12-/m1/s1. The van der Waals surface area contributed by atoms with Gasteiger partial charge in [-0.25, -0.2) is 0 Å². The third-order valence-corrected chi connectivity index (χ3v) is 2.17. The van der Waals surface area contributed by atoms with Gasteiger partial charge in [0.2, 0.25) is 0 Å². The molecule has 14 heavy (non-hydrogen) atoms. The molecule has 1 atom stereocenters. The van der Waals surface area contributed by atoms with E-state index in [0.29, 0.717) is 6.42 Å². The van der Waals surface area contributed by atoms with E-state index in [1.165, 1.54) is 0 Å². The van der Waals surface area contributed by atoms with Gasteiger partial charge in [-0.1, -0.05) is 37.3 Å². The SMILES string of the molecule is C=C=CCC(=C)C[C@@](C)(CCC)N=O. The van der Waals surface area contributed by atoms with Crippen molar-refractivity contribution >= 4 is 0 Å². The molecule has 0 aliphatic carbocycles. The number of nitrogens with zero attached hydrogens (tertiary/aromatic N) is 1. The Morgan fingerprint density at radius 2 is 2.29 bits per heavy atom. The largest absolute Gasteiger partial charge is 0.150 e. The maximum Gasteiger partial charge on any atom is 0.103 e. The van der Waals surface area contributed by atoms with Crippen molar-refractivity contribution in [1.29, 1.82) is 0 Å². The summed E-state index contributed by atoms with van der Waals surface area (Å²) in [6.45, 7) is 11.3. The molecule has 0 amide bonds. The van der Waals surface area contributed by atoms with Gasteiger partial charge in [0, 0.05) is 0 Å². The second-order valence-electron chi connectivity index (χ2n) is 3.88. The zero-order valence-corrected chi connectivity index (χ0v) is 9.18. The van der Waals surface area contributed by atoms with E-state index < -0.39 is 5.54 Å². The summed E-state index contributed by atoms with van der Waals surface area (Å²) in [4.78, 5) is 10.7. The summed E-state index contributed by atoms with van der Waals surface area (Å²) in [5, 5.41) is 3.20. The zero-order chi connectivity index (χ0) is 11.0. The van der Waals surface area contributed by atoms with Crippen LogP contribution in [0.1, 0.15) is 39.5 Å². The van der Waals surface area contributed by atoms with E-state index in [1.54, 1.807) is 0 Å². The van der Waals surface area contributed by atoms with Crippen molar-refractivity contribution in [3.63, 3.8) is 0 Å². The first-order valence-electron chi connectivity index (χ1n) is 4.93. The smallest absolute Gasteiger partial charge is 0.103 e. The quantitative estimate of drug-likeness (QED) is 0.341. The Bertz CT molecular complexity index is 251. The van der Waals surface area contributed by atoms with Crippen LogP contribution < -0.4 is 0 Å². The fourth-order valence-corrected chi connectivity index (χ4v) is 1.53. The summed E-state index contributed by atoms with van der Waals surface area (Å²) in [7, 11) is 0. The lowest BCUT2D eigenvalue weighted by molar-refractivity contribution is 0.421. The van der Waals surface area contributed by atoms with E-state index in [-0.39, 0.29) is 0 Å². The summed E-state index contributed by atoms with van der Waals surface area (Å²) in [6.07, 6.45) is 4.99. The second kappa shape index (κ2) is 6.33. The average molecular weight is 193 g/mol. The third kappa shape index (κ3) is 4.78. The van der Waals surface area contributed by atoms with Gasteiger partial charge in [0.05, 0.1) is 0 Å². The van der Waals surface area contributed by atoms with Crippen molar-refractivity contribution in [3.8, 4) is 0 Å². The molecule has 0 unspecified atom stereocenters. The predicted molar refractivity (Wildman–Crippen MR) is 61.2 cm³/mol. The first-order chi connectivity index (χ1) is 6.58. The fourth-order valence-electron chi connectivity index (χ4n) is 1.53. The molecule has 2 nitrogen and oxygen atoms in total. The van der Waals surface area contributed by atoms with E-state index in [1.807, 2.05) is 13.0 Å². The van der Waals surface area contributed by atoms with Gasteiger partial charge >= 0.3 is 0 Å². The van der Waals surface area contributed by atoms with Crippen molar-refractivity contribution < 1.29 is 0 Å². The number of rotatable bonds is 7. The minimum atomic E-state index is -0.485. The molecule has 0 aromatic carbocycles. The van der Waals surface area contributed by atoms with Crippen LogP contribution in [0.4, 0.5) is 0 Å². The lowest BCUT2D eigenvalue weighted by Crippen LogP contribution is -2.21. The number of hydrogen-bond donors (Lipinski definition) is 0. The highest BCUT2D eigenvalue weighted by atomic mass is 16.3. The highest BCUT2D eigenvalue weighted by molar-refractivity contribution is 5.07. The highest BCUT2D eigenvalue weighted by Gasteiger charge is 2.24. The molecule has 0 aliphatic rings. The average Bonchev–Trinajstić information content (AvgIpc) is 2.15. The molecule has 0 fully saturated rings. The number of allylic oxidation sites excluding steroid dienone is 1. The normalized spacial score (nSPS) is 13.9. The lowest BCUT2D eigenvalue weighted by Gasteiger charge is -2.21. The van der Waals surface area contributed by atoms with Crippen molar-refractivity contribution in [3.05, 3.63) is 35.4 Å². The highest BCUT2D eigenvalue weighted by Crippen LogP contribution is 2.26. The summed E-state index contributed by atoms with van der Waals surface area (Å²) >= 11 is 0. The topological polar surface area (TPSA) is 29.4 Å². The van der Waals surface area contributed by atoms with Gasteiger partial charge in [-0.15, -0.1) is 5.73 Å². The van der Waals surface area contributed by atoms with Crippen LogP contribution in [0.25, 0.3) is 0 Å². The molecule has 2 heteroatoms. The van der Waals surface area contributed by atoms with E-state index in [9.17, 15) is 4.91 Å². The monoisotopic (exact) mass is 193 g/mol. The Hall–Kier alpha value is -1.14. The third-order valence-electron chi connectivity index (χ3n) is 2.17. The molecule has 0 rings (SSSR count). The zero-order valence-electron chi connectivity index (χ0n) is 9.18. The van der Waals surface area contributed by atoms with Crippen LogP contribution in [0.2, 0.25) is 0 Å². The first-order valence-corrected chi connectivity index (χ1v) is 4.93. The van der Waals surface area contributed by atoms with Crippen LogP contribution in [-0.2, 0) is 0 Å². The maximum atomic E-state index is 10.7. The Labute approximate surface area is 86.4 Å². The van der Waals surface area contributed by atoms with E-state index in [4.69, 9.17) is 0 Å². The van der Waals surface area contributed by atoms with Gasteiger partial charge < -0.3 is 0 Å². The summed E-state index contributed by atoms with van der Waals surface area (Å²) in [5.74, 6) is 0. The minimum absolute atomic E-state index is 0.485. The molecule has 0 spiro atoms. The molecule has 0 aliphatic heterocycles. The number of hydrogen-bond acceptors (Lipinski definition) is 2. The molecular weight excluding hydrogens is 174 g/mol. The molecule has 0 radical (unpaired) electrons. The van der Waals surface area contributed by atoms with Crippen molar-refractivity contribution in [2.45, 2.75) is 45.1 Å².